The third kappa shape index (κ3) is 2.81. The van der Waals surface area contributed by atoms with Crippen molar-refractivity contribution in [1.82, 2.24) is 0 Å². The summed E-state index contributed by atoms with van der Waals surface area (Å²) in [7, 11) is 0. The van der Waals surface area contributed by atoms with Gasteiger partial charge in [-0.15, -0.1) is 0 Å². The molecule has 2 aliphatic heterocycles. The number of carbonyl (C=O) groups excluding carboxylic acids is 1. The average Bonchev–Trinajstić information content (AvgIpc) is 2.94. The highest BCUT2D eigenvalue weighted by Crippen LogP contribution is 2.36. The maximum atomic E-state index is 11.0. The fourth-order valence-corrected chi connectivity index (χ4v) is 1.67. The molecule has 0 aliphatic carbocycles. The van der Waals surface area contributed by atoms with E-state index in [1.807, 2.05) is 0 Å². The number of carbonyl (C=O) groups is 1. The van der Waals surface area contributed by atoms with Crippen molar-refractivity contribution >= 4 is 5.97 Å². The minimum atomic E-state index is -1.10. The van der Waals surface area contributed by atoms with Crippen LogP contribution in [0.1, 0.15) is 13.8 Å². The van der Waals surface area contributed by atoms with Crippen molar-refractivity contribution in [3.8, 4) is 23.7 Å². The van der Waals surface area contributed by atoms with Gasteiger partial charge in [0, 0.05) is 19.1 Å². The van der Waals surface area contributed by atoms with Gasteiger partial charge in [-0.25, -0.2) is 0 Å². The van der Waals surface area contributed by atoms with Gasteiger partial charge in [0.2, 0.25) is 6.10 Å². The molecule has 2 rings (SSSR count). The third-order valence-electron chi connectivity index (χ3n) is 2.43. The zero-order valence-corrected chi connectivity index (χ0v) is 10.6. The topological polar surface area (TPSA) is 44.8 Å². The summed E-state index contributed by atoms with van der Waals surface area (Å²) in [6.45, 7) is 3.05. The Hall–Kier alpha value is -2.59. The number of ether oxygens (including phenoxy) is 3. The quantitative estimate of drug-likeness (QED) is 0.528. The molecule has 2 atom stereocenters. The van der Waals surface area contributed by atoms with Gasteiger partial charge in [0.15, 0.2) is 0 Å². The van der Waals surface area contributed by atoms with Gasteiger partial charge in [-0.05, 0) is 30.9 Å². The zero-order valence-electron chi connectivity index (χ0n) is 10.6. The molecule has 0 unspecified atom stereocenters. The summed E-state index contributed by atoms with van der Waals surface area (Å²) in [6.07, 6.45) is 7.48. The first kappa shape index (κ1) is 12.9. The first-order valence-electron chi connectivity index (χ1n) is 5.69. The third-order valence-corrected chi connectivity index (χ3v) is 2.43. The first-order chi connectivity index (χ1) is 9.16. The second-order valence-electron chi connectivity index (χ2n) is 3.82. The molecule has 2 heterocycles. The first-order valence-corrected chi connectivity index (χ1v) is 5.69. The van der Waals surface area contributed by atoms with Crippen molar-refractivity contribution in [3.05, 3.63) is 36.3 Å². The van der Waals surface area contributed by atoms with E-state index < -0.39 is 17.9 Å². The maximum Gasteiger partial charge on any atom is 0.312 e. The van der Waals surface area contributed by atoms with Crippen molar-refractivity contribution in [1.29, 1.82) is 0 Å². The summed E-state index contributed by atoms with van der Waals surface area (Å²) in [5.74, 6) is 9.71. The predicted molar refractivity (Wildman–Crippen MR) is 68.0 cm³/mol. The van der Waals surface area contributed by atoms with Gasteiger partial charge in [-0.3, -0.25) is 4.79 Å². The fraction of sp³-hybridized carbons (Fsp3) is 0.267. The van der Waals surface area contributed by atoms with Crippen LogP contribution in [0, 0.1) is 23.7 Å². The van der Waals surface area contributed by atoms with Gasteiger partial charge >= 0.3 is 11.8 Å². The van der Waals surface area contributed by atoms with E-state index in [0.29, 0.717) is 5.76 Å². The summed E-state index contributed by atoms with van der Waals surface area (Å²) >= 11 is 0. The molecule has 0 aromatic rings. The van der Waals surface area contributed by atoms with E-state index in [0.717, 1.165) is 0 Å². The van der Waals surface area contributed by atoms with Crippen LogP contribution < -0.4 is 0 Å². The number of hydrogen-bond donors (Lipinski definition) is 0. The van der Waals surface area contributed by atoms with E-state index in [4.69, 9.17) is 14.2 Å². The van der Waals surface area contributed by atoms with Gasteiger partial charge in [0.05, 0.1) is 6.26 Å². The van der Waals surface area contributed by atoms with Crippen LogP contribution >= 0.6 is 0 Å². The van der Waals surface area contributed by atoms with Crippen LogP contribution in [0.15, 0.2) is 36.3 Å². The minimum Gasteiger partial charge on any atom is -0.453 e. The highest BCUT2D eigenvalue weighted by molar-refractivity contribution is 5.66. The minimum absolute atomic E-state index is 0.396. The SMILES string of the molecule is CC#CC#C/C=C1/C=C[C@@]2(OC=C[C@H]2OC(C)=O)O1. The molecule has 0 saturated carbocycles. The Balaban J connectivity index is 2.09. The predicted octanol–water partition coefficient (Wildman–Crippen LogP) is 1.66. The van der Waals surface area contributed by atoms with Gasteiger partial charge in [-0.2, -0.15) is 0 Å². The zero-order chi connectivity index (χ0) is 13.7. The maximum absolute atomic E-state index is 11.0. The Kier molecular flexibility index (Phi) is 3.63. The smallest absolute Gasteiger partial charge is 0.312 e. The molecule has 4 nitrogen and oxygen atoms in total. The molecule has 0 aromatic heterocycles. The van der Waals surface area contributed by atoms with E-state index in [1.54, 1.807) is 31.2 Å². The second-order valence-corrected chi connectivity index (χ2v) is 3.82. The van der Waals surface area contributed by atoms with Crippen molar-refractivity contribution in [2.75, 3.05) is 0 Å². The number of rotatable bonds is 1. The van der Waals surface area contributed by atoms with Crippen LogP contribution in [0.3, 0.4) is 0 Å². The Morgan fingerprint density at radius 3 is 3.11 bits per heavy atom. The molecule has 0 N–H and O–H groups in total. The Labute approximate surface area is 111 Å². The molecular formula is C15H12O4. The van der Waals surface area contributed by atoms with E-state index >= 15 is 0 Å². The lowest BCUT2D eigenvalue weighted by Gasteiger charge is -2.27. The summed E-state index contributed by atoms with van der Waals surface area (Å²) < 4.78 is 16.2. The lowest BCUT2D eigenvalue weighted by molar-refractivity contribution is -0.189. The van der Waals surface area contributed by atoms with E-state index in [1.165, 1.54) is 13.2 Å². The molecule has 0 saturated heterocycles. The Morgan fingerprint density at radius 1 is 1.53 bits per heavy atom. The van der Waals surface area contributed by atoms with Crippen LogP contribution in [-0.4, -0.2) is 17.9 Å². The van der Waals surface area contributed by atoms with Gasteiger partial charge in [0.1, 0.15) is 5.76 Å². The molecule has 0 aromatic carbocycles. The van der Waals surface area contributed by atoms with Gasteiger partial charge in [-0.1, -0.05) is 11.8 Å². The fourth-order valence-electron chi connectivity index (χ4n) is 1.67. The molecule has 0 radical (unpaired) electrons. The lowest BCUT2D eigenvalue weighted by atomic mass is 10.1. The molecule has 2 aliphatic rings. The van der Waals surface area contributed by atoms with Crippen molar-refractivity contribution in [3.63, 3.8) is 0 Å². The van der Waals surface area contributed by atoms with Crippen LogP contribution in [0.2, 0.25) is 0 Å². The van der Waals surface area contributed by atoms with Gasteiger partial charge in [0.25, 0.3) is 0 Å². The number of allylic oxidation sites excluding steroid dienone is 2. The Bertz CT molecular complexity index is 589. The molecule has 96 valence electrons. The standard InChI is InChI=1S/C15H12O4/c1-3-4-5-6-7-13-8-10-15(19-13)14(9-11-17-15)18-12(2)16/h7-11,14H,1-2H3/b13-7-/t14-,15-/m1/s1. The summed E-state index contributed by atoms with van der Waals surface area (Å²) in [6, 6.07) is 0. The van der Waals surface area contributed by atoms with Crippen LogP contribution in [0.5, 0.6) is 0 Å². The van der Waals surface area contributed by atoms with E-state index in [-0.39, 0.29) is 0 Å². The van der Waals surface area contributed by atoms with E-state index in [9.17, 15) is 4.79 Å². The lowest BCUT2D eigenvalue weighted by Crippen LogP contribution is -2.40. The molecule has 1 spiro atoms. The molecule has 4 heteroatoms. The van der Waals surface area contributed by atoms with Crippen molar-refractivity contribution in [2.24, 2.45) is 0 Å². The number of esters is 1. The van der Waals surface area contributed by atoms with Crippen molar-refractivity contribution in [2.45, 2.75) is 25.7 Å². The number of hydrogen-bond acceptors (Lipinski definition) is 4. The largest absolute Gasteiger partial charge is 0.453 e. The highest BCUT2D eigenvalue weighted by atomic mass is 16.7. The molecular weight excluding hydrogens is 244 g/mol. The Morgan fingerprint density at radius 2 is 2.37 bits per heavy atom. The normalized spacial score (nSPS) is 28.1. The van der Waals surface area contributed by atoms with Crippen LogP contribution in [-0.2, 0) is 19.0 Å². The highest BCUT2D eigenvalue weighted by Gasteiger charge is 2.48. The molecule has 0 bridgehead atoms. The van der Waals surface area contributed by atoms with Crippen LogP contribution in [0.4, 0.5) is 0 Å². The average molecular weight is 256 g/mol. The molecule has 0 fully saturated rings. The van der Waals surface area contributed by atoms with Crippen molar-refractivity contribution < 1.29 is 19.0 Å². The van der Waals surface area contributed by atoms with Gasteiger partial charge < -0.3 is 14.2 Å². The second kappa shape index (κ2) is 5.37. The van der Waals surface area contributed by atoms with Crippen LogP contribution in [0.25, 0.3) is 0 Å². The molecule has 19 heavy (non-hydrogen) atoms. The van der Waals surface area contributed by atoms with E-state index in [2.05, 4.69) is 23.7 Å². The summed E-state index contributed by atoms with van der Waals surface area (Å²) in [5, 5.41) is 0. The molecule has 0 amide bonds. The summed E-state index contributed by atoms with van der Waals surface area (Å²) in [4.78, 5) is 11.0. The summed E-state index contributed by atoms with van der Waals surface area (Å²) in [5.41, 5.74) is 0. The monoisotopic (exact) mass is 256 g/mol.